The van der Waals surface area contributed by atoms with E-state index in [9.17, 15) is 4.39 Å². The van der Waals surface area contributed by atoms with Gasteiger partial charge in [0.2, 0.25) is 0 Å². The fourth-order valence-electron chi connectivity index (χ4n) is 1.66. The van der Waals surface area contributed by atoms with Crippen LogP contribution in [0.4, 0.5) is 10.2 Å². The van der Waals surface area contributed by atoms with Gasteiger partial charge >= 0.3 is 0 Å². The largest absolute Gasteiger partial charge is 0.378 e. The number of methoxy groups -OCH3 is 1. The molecule has 0 unspecified atom stereocenters. The third-order valence-corrected chi connectivity index (χ3v) is 3.76. The van der Waals surface area contributed by atoms with Crippen LogP contribution in [-0.4, -0.2) is 24.1 Å². The van der Waals surface area contributed by atoms with Crippen molar-refractivity contribution in [2.45, 2.75) is 6.61 Å². The molecule has 0 aliphatic rings. The monoisotopic (exact) mass is 359 g/mol. The normalized spacial score (nSPS) is 10.7. The molecule has 7 heteroatoms. The molecular formula is C13H12BrClFN3O. The molecule has 0 fully saturated rings. The molecular weight excluding hydrogens is 349 g/mol. The average Bonchev–Trinajstić information content (AvgIpc) is 2.44. The third kappa shape index (κ3) is 3.08. The average molecular weight is 361 g/mol. The van der Waals surface area contributed by atoms with Gasteiger partial charge in [0, 0.05) is 19.7 Å². The fraction of sp³-hybridized carbons (Fsp3) is 0.231. The summed E-state index contributed by atoms with van der Waals surface area (Å²) in [6.45, 7) is 0.320. The van der Waals surface area contributed by atoms with Crippen molar-refractivity contribution >= 4 is 33.3 Å². The van der Waals surface area contributed by atoms with Crippen molar-refractivity contribution in [1.29, 1.82) is 0 Å². The molecule has 0 saturated carbocycles. The molecule has 1 N–H and O–H groups in total. The Morgan fingerprint density at radius 3 is 2.75 bits per heavy atom. The van der Waals surface area contributed by atoms with E-state index < -0.39 is 5.82 Å². The third-order valence-electron chi connectivity index (χ3n) is 2.62. The molecule has 0 bridgehead atoms. The molecule has 2 aromatic rings. The van der Waals surface area contributed by atoms with Crippen LogP contribution in [0.3, 0.4) is 0 Å². The van der Waals surface area contributed by atoms with Crippen LogP contribution >= 0.6 is 27.5 Å². The highest BCUT2D eigenvalue weighted by atomic mass is 79.9. The van der Waals surface area contributed by atoms with Crippen molar-refractivity contribution in [3.8, 4) is 11.4 Å². The lowest BCUT2D eigenvalue weighted by Crippen LogP contribution is -2.04. The quantitative estimate of drug-likeness (QED) is 0.898. The van der Waals surface area contributed by atoms with E-state index in [1.165, 1.54) is 12.1 Å². The number of nitrogens with one attached hydrogen (secondary N) is 1. The lowest BCUT2D eigenvalue weighted by molar-refractivity contribution is 0.181. The minimum Gasteiger partial charge on any atom is -0.378 e. The van der Waals surface area contributed by atoms with Gasteiger partial charge in [0.15, 0.2) is 5.82 Å². The van der Waals surface area contributed by atoms with Crippen LogP contribution in [-0.2, 0) is 11.3 Å². The lowest BCUT2D eigenvalue weighted by atomic mass is 10.2. The lowest BCUT2D eigenvalue weighted by Gasteiger charge is -2.11. The Labute approximate surface area is 129 Å². The van der Waals surface area contributed by atoms with Crippen molar-refractivity contribution in [2.75, 3.05) is 19.5 Å². The second kappa shape index (κ2) is 6.47. The van der Waals surface area contributed by atoms with Crippen molar-refractivity contribution in [3.63, 3.8) is 0 Å². The van der Waals surface area contributed by atoms with Crippen LogP contribution in [0.2, 0.25) is 5.02 Å². The standard InChI is InChI=1S/C13H12BrClFN3O/c1-17-13-11(14)10(6-20-2)18-12(19-13)7-3-4-8(15)9(16)5-7/h3-5H,6H2,1-2H3,(H,17,18,19). The summed E-state index contributed by atoms with van der Waals surface area (Å²) in [6, 6.07) is 4.46. The molecule has 1 aromatic carbocycles. The van der Waals surface area contributed by atoms with Crippen LogP contribution in [0.25, 0.3) is 11.4 Å². The summed E-state index contributed by atoms with van der Waals surface area (Å²) in [6.07, 6.45) is 0. The first-order valence-corrected chi connectivity index (χ1v) is 6.92. The summed E-state index contributed by atoms with van der Waals surface area (Å²) in [4.78, 5) is 8.72. The van der Waals surface area contributed by atoms with E-state index in [4.69, 9.17) is 16.3 Å². The molecule has 1 aromatic heterocycles. The number of halogens is 3. The van der Waals surface area contributed by atoms with E-state index in [1.54, 1.807) is 20.2 Å². The molecule has 4 nitrogen and oxygen atoms in total. The fourth-order valence-corrected chi connectivity index (χ4v) is 2.26. The van der Waals surface area contributed by atoms with Gasteiger partial charge in [-0.05, 0) is 34.1 Å². The molecule has 106 valence electrons. The summed E-state index contributed by atoms with van der Waals surface area (Å²) in [5, 5.41) is 3.02. The Hall–Kier alpha value is -1.24. The Morgan fingerprint density at radius 2 is 2.15 bits per heavy atom. The first kappa shape index (κ1) is 15.2. The van der Waals surface area contributed by atoms with Gasteiger partial charge in [-0.1, -0.05) is 11.6 Å². The minimum atomic E-state index is -0.505. The van der Waals surface area contributed by atoms with Crippen LogP contribution in [0.15, 0.2) is 22.7 Å². The highest BCUT2D eigenvalue weighted by Gasteiger charge is 2.13. The Kier molecular flexibility index (Phi) is 4.91. The smallest absolute Gasteiger partial charge is 0.162 e. The number of rotatable bonds is 4. The van der Waals surface area contributed by atoms with E-state index in [1.807, 2.05) is 0 Å². The van der Waals surface area contributed by atoms with Gasteiger partial charge in [-0.2, -0.15) is 0 Å². The van der Waals surface area contributed by atoms with Gasteiger partial charge in [-0.25, -0.2) is 14.4 Å². The van der Waals surface area contributed by atoms with Gasteiger partial charge in [-0.15, -0.1) is 0 Å². The molecule has 0 atom stereocenters. The van der Waals surface area contributed by atoms with Crippen LogP contribution in [0.1, 0.15) is 5.69 Å². The number of hydrogen-bond acceptors (Lipinski definition) is 4. The molecule has 0 amide bonds. The predicted octanol–water partition coefficient (Wildman–Crippen LogP) is 3.89. The van der Waals surface area contributed by atoms with E-state index in [-0.39, 0.29) is 5.02 Å². The number of anilines is 1. The first-order valence-electron chi connectivity index (χ1n) is 5.75. The molecule has 20 heavy (non-hydrogen) atoms. The summed E-state index contributed by atoms with van der Waals surface area (Å²) in [7, 11) is 3.32. The Balaban J connectivity index is 2.55. The van der Waals surface area contributed by atoms with Crippen molar-refractivity contribution < 1.29 is 9.13 Å². The van der Waals surface area contributed by atoms with Gasteiger partial charge in [0.25, 0.3) is 0 Å². The number of nitrogens with zero attached hydrogens (tertiary/aromatic N) is 2. The second-order valence-electron chi connectivity index (χ2n) is 3.97. The van der Waals surface area contributed by atoms with E-state index >= 15 is 0 Å². The van der Waals surface area contributed by atoms with Crippen molar-refractivity contribution in [1.82, 2.24) is 9.97 Å². The predicted molar refractivity (Wildman–Crippen MR) is 80.4 cm³/mol. The Morgan fingerprint density at radius 1 is 1.40 bits per heavy atom. The van der Waals surface area contributed by atoms with Gasteiger partial charge < -0.3 is 10.1 Å². The maximum absolute atomic E-state index is 13.5. The molecule has 0 aliphatic carbocycles. The molecule has 1 heterocycles. The Bertz CT molecular complexity index is 639. The summed E-state index contributed by atoms with van der Waals surface area (Å²) in [5.41, 5.74) is 1.23. The summed E-state index contributed by atoms with van der Waals surface area (Å²) in [5.74, 6) is 0.507. The second-order valence-corrected chi connectivity index (χ2v) is 5.17. The number of ether oxygens (including phenoxy) is 1. The van der Waals surface area contributed by atoms with Crippen molar-refractivity contribution in [3.05, 3.63) is 39.2 Å². The van der Waals surface area contributed by atoms with Crippen LogP contribution in [0, 0.1) is 5.82 Å². The summed E-state index contributed by atoms with van der Waals surface area (Å²) >= 11 is 9.09. The van der Waals surface area contributed by atoms with Crippen LogP contribution in [0.5, 0.6) is 0 Å². The molecule has 0 spiro atoms. The first-order chi connectivity index (χ1) is 9.56. The minimum absolute atomic E-state index is 0.0665. The molecule has 0 radical (unpaired) electrons. The number of aromatic nitrogens is 2. The topological polar surface area (TPSA) is 47.0 Å². The van der Waals surface area contributed by atoms with E-state index in [2.05, 4.69) is 31.2 Å². The highest BCUT2D eigenvalue weighted by Crippen LogP contribution is 2.28. The maximum Gasteiger partial charge on any atom is 0.162 e. The maximum atomic E-state index is 13.5. The highest BCUT2D eigenvalue weighted by molar-refractivity contribution is 9.10. The van der Waals surface area contributed by atoms with E-state index in [0.29, 0.717) is 29.5 Å². The van der Waals surface area contributed by atoms with E-state index in [0.717, 1.165) is 4.47 Å². The SMILES string of the molecule is CNc1nc(-c2ccc(Cl)c(F)c2)nc(COC)c1Br. The summed E-state index contributed by atoms with van der Waals surface area (Å²) < 4.78 is 19.4. The molecule has 0 aliphatic heterocycles. The van der Waals surface area contributed by atoms with Gasteiger partial charge in [0.1, 0.15) is 11.6 Å². The molecule has 0 saturated heterocycles. The van der Waals surface area contributed by atoms with Gasteiger partial charge in [-0.3, -0.25) is 0 Å². The molecule has 2 rings (SSSR count). The zero-order chi connectivity index (χ0) is 14.7. The van der Waals surface area contributed by atoms with Crippen LogP contribution < -0.4 is 5.32 Å². The van der Waals surface area contributed by atoms with Crippen molar-refractivity contribution in [2.24, 2.45) is 0 Å². The zero-order valence-electron chi connectivity index (χ0n) is 10.9. The zero-order valence-corrected chi connectivity index (χ0v) is 13.2. The number of benzene rings is 1. The number of hydrogen-bond donors (Lipinski definition) is 1. The van der Waals surface area contributed by atoms with Gasteiger partial charge in [0.05, 0.1) is 21.8 Å².